The first-order valence-corrected chi connectivity index (χ1v) is 8.11. The number of aliphatic hydroxyl groups is 1. The van der Waals surface area contributed by atoms with Crippen molar-refractivity contribution in [3.8, 4) is 0 Å². The van der Waals surface area contributed by atoms with Crippen LogP contribution < -0.4 is 0 Å². The normalized spacial score (nSPS) is 19.0. The van der Waals surface area contributed by atoms with Crippen LogP contribution in [0.25, 0.3) is 0 Å². The van der Waals surface area contributed by atoms with E-state index in [1.807, 2.05) is 19.3 Å². The number of aliphatic hydroxyl groups excluding tert-OH is 1. The largest absolute Gasteiger partial charge is 0.392 e. The van der Waals surface area contributed by atoms with Gasteiger partial charge in [-0.15, -0.1) is 0 Å². The lowest BCUT2D eigenvalue weighted by molar-refractivity contribution is 0.0927. The van der Waals surface area contributed by atoms with Crippen LogP contribution in [0.3, 0.4) is 0 Å². The lowest BCUT2D eigenvalue weighted by Gasteiger charge is -2.34. The second-order valence-corrected chi connectivity index (χ2v) is 6.46. The van der Waals surface area contributed by atoms with E-state index >= 15 is 0 Å². The molecular formula is C17H29N3O. The van der Waals surface area contributed by atoms with E-state index in [1.54, 1.807) is 0 Å². The van der Waals surface area contributed by atoms with E-state index in [0.29, 0.717) is 0 Å². The molecule has 0 unspecified atom stereocenters. The minimum atomic E-state index is -0.204. The fraction of sp³-hybridized carbons (Fsp3) is 0.706. The molecule has 1 atom stereocenters. The van der Waals surface area contributed by atoms with Gasteiger partial charge in [0.05, 0.1) is 6.10 Å². The molecule has 1 N–H and O–H groups in total. The molecule has 1 aliphatic heterocycles. The number of β-amino-alcohol motifs (C(OH)–C–C–N with tert-alkyl or cyclic N) is 1. The van der Waals surface area contributed by atoms with Crippen molar-refractivity contribution in [1.29, 1.82) is 0 Å². The summed E-state index contributed by atoms with van der Waals surface area (Å²) in [7, 11) is 2.23. The Kier molecular flexibility index (Phi) is 6.61. The molecule has 0 aromatic carbocycles. The maximum Gasteiger partial charge on any atom is 0.0639 e. The molecule has 118 valence electrons. The molecule has 2 heterocycles. The third-order valence-corrected chi connectivity index (χ3v) is 4.33. The van der Waals surface area contributed by atoms with Crippen LogP contribution in [0.1, 0.15) is 25.3 Å². The maximum absolute atomic E-state index is 9.44. The molecular weight excluding hydrogens is 262 g/mol. The average Bonchev–Trinajstić information content (AvgIpc) is 2.48. The highest BCUT2D eigenvalue weighted by atomic mass is 16.3. The Hall–Kier alpha value is -0.970. The van der Waals surface area contributed by atoms with Gasteiger partial charge < -0.3 is 14.9 Å². The topological polar surface area (TPSA) is 39.6 Å². The number of pyridine rings is 1. The quantitative estimate of drug-likeness (QED) is 0.829. The Bertz CT molecular complexity index is 388. The van der Waals surface area contributed by atoms with Gasteiger partial charge in [-0.3, -0.25) is 4.98 Å². The molecule has 21 heavy (non-hydrogen) atoms. The number of piperidine rings is 1. The maximum atomic E-state index is 9.44. The summed E-state index contributed by atoms with van der Waals surface area (Å²) in [5.74, 6) is 0.803. The Morgan fingerprint density at radius 1 is 1.33 bits per heavy atom. The SMILES string of the molecule is C[C@@H](O)CN1CCC(CN(C)CCc2ccncc2)CC1. The first kappa shape index (κ1) is 16.4. The molecule has 1 aromatic heterocycles. The summed E-state index contributed by atoms with van der Waals surface area (Å²) in [6.45, 7) is 7.26. The van der Waals surface area contributed by atoms with E-state index < -0.39 is 0 Å². The molecule has 0 amide bonds. The average molecular weight is 291 g/mol. The molecule has 4 heteroatoms. The summed E-state index contributed by atoms with van der Waals surface area (Å²) in [5, 5.41) is 9.44. The Morgan fingerprint density at radius 3 is 2.62 bits per heavy atom. The van der Waals surface area contributed by atoms with Crippen molar-refractivity contribution >= 4 is 0 Å². The minimum absolute atomic E-state index is 0.204. The highest BCUT2D eigenvalue weighted by molar-refractivity contribution is 5.09. The smallest absolute Gasteiger partial charge is 0.0639 e. The zero-order valence-corrected chi connectivity index (χ0v) is 13.4. The van der Waals surface area contributed by atoms with E-state index in [4.69, 9.17) is 0 Å². The van der Waals surface area contributed by atoms with Gasteiger partial charge in [-0.1, -0.05) is 0 Å². The van der Waals surface area contributed by atoms with Crippen LogP contribution in [-0.4, -0.2) is 65.8 Å². The third kappa shape index (κ3) is 6.12. The first-order valence-electron chi connectivity index (χ1n) is 8.11. The van der Waals surface area contributed by atoms with Gasteiger partial charge in [0.1, 0.15) is 0 Å². The van der Waals surface area contributed by atoms with Gasteiger partial charge in [0, 0.05) is 32.0 Å². The number of likely N-dealkylation sites (tertiary alicyclic amines) is 1. The standard InChI is InChI=1S/C17H29N3O/c1-15(21)13-20-11-6-17(7-12-20)14-19(2)10-5-16-3-8-18-9-4-16/h3-4,8-9,15,17,21H,5-7,10-14H2,1-2H3/t15-/m1/s1. The molecule has 1 aliphatic rings. The lowest BCUT2D eigenvalue weighted by atomic mass is 9.96. The zero-order valence-electron chi connectivity index (χ0n) is 13.4. The van der Waals surface area contributed by atoms with Crippen LogP contribution in [0.15, 0.2) is 24.5 Å². The van der Waals surface area contributed by atoms with Gasteiger partial charge in [0.15, 0.2) is 0 Å². The molecule has 1 saturated heterocycles. The summed E-state index contributed by atoms with van der Waals surface area (Å²) in [6.07, 6.45) is 7.14. The molecule has 2 rings (SSSR count). The minimum Gasteiger partial charge on any atom is -0.392 e. The summed E-state index contributed by atoms with van der Waals surface area (Å²) < 4.78 is 0. The predicted molar refractivity (Wildman–Crippen MR) is 86.3 cm³/mol. The van der Waals surface area contributed by atoms with Crippen LogP contribution in [0.4, 0.5) is 0 Å². The predicted octanol–water partition coefficient (Wildman–Crippen LogP) is 1.65. The van der Waals surface area contributed by atoms with Crippen molar-refractivity contribution < 1.29 is 5.11 Å². The van der Waals surface area contributed by atoms with Crippen molar-refractivity contribution in [3.05, 3.63) is 30.1 Å². The molecule has 0 saturated carbocycles. The van der Waals surface area contributed by atoms with Gasteiger partial charge in [-0.05, 0) is 69.9 Å². The monoisotopic (exact) mass is 291 g/mol. The first-order chi connectivity index (χ1) is 10.1. The Balaban J connectivity index is 1.64. The van der Waals surface area contributed by atoms with Crippen molar-refractivity contribution in [2.75, 3.05) is 39.8 Å². The van der Waals surface area contributed by atoms with Gasteiger partial charge in [-0.25, -0.2) is 0 Å². The highest BCUT2D eigenvalue weighted by Crippen LogP contribution is 2.18. The van der Waals surface area contributed by atoms with E-state index in [9.17, 15) is 5.11 Å². The second kappa shape index (κ2) is 8.47. The van der Waals surface area contributed by atoms with Crippen molar-refractivity contribution in [3.63, 3.8) is 0 Å². The summed E-state index contributed by atoms with van der Waals surface area (Å²) in [5.41, 5.74) is 1.36. The van der Waals surface area contributed by atoms with Crippen molar-refractivity contribution in [1.82, 2.24) is 14.8 Å². The fourth-order valence-electron chi connectivity index (χ4n) is 3.13. The molecule has 0 radical (unpaired) electrons. The molecule has 1 aromatic rings. The lowest BCUT2D eigenvalue weighted by Crippen LogP contribution is -2.40. The van der Waals surface area contributed by atoms with Gasteiger partial charge >= 0.3 is 0 Å². The van der Waals surface area contributed by atoms with Crippen LogP contribution in [0.2, 0.25) is 0 Å². The number of hydrogen-bond acceptors (Lipinski definition) is 4. The van der Waals surface area contributed by atoms with Crippen LogP contribution in [-0.2, 0) is 6.42 Å². The number of aromatic nitrogens is 1. The Labute approximate surface area is 128 Å². The van der Waals surface area contributed by atoms with E-state index in [2.05, 4.69) is 34.0 Å². The van der Waals surface area contributed by atoms with Crippen molar-refractivity contribution in [2.45, 2.75) is 32.3 Å². The van der Waals surface area contributed by atoms with Gasteiger partial charge in [0.2, 0.25) is 0 Å². The molecule has 1 fully saturated rings. The number of nitrogens with zero attached hydrogens (tertiary/aromatic N) is 3. The molecule has 0 bridgehead atoms. The van der Waals surface area contributed by atoms with Crippen LogP contribution >= 0.6 is 0 Å². The van der Waals surface area contributed by atoms with E-state index in [-0.39, 0.29) is 6.10 Å². The zero-order chi connectivity index (χ0) is 15.1. The highest BCUT2D eigenvalue weighted by Gasteiger charge is 2.20. The van der Waals surface area contributed by atoms with Crippen molar-refractivity contribution in [2.24, 2.45) is 5.92 Å². The summed E-state index contributed by atoms with van der Waals surface area (Å²) in [6, 6.07) is 4.20. The van der Waals surface area contributed by atoms with Crippen LogP contribution in [0, 0.1) is 5.92 Å². The second-order valence-electron chi connectivity index (χ2n) is 6.46. The number of rotatable bonds is 7. The van der Waals surface area contributed by atoms with E-state index in [0.717, 1.165) is 38.5 Å². The summed E-state index contributed by atoms with van der Waals surface area (Å²) >= 11 is 0. The fourth-order valence-corrected chi connectivity index (χ4v) is 3.13. The van der Waals surface area contributed by atoms with Gasteiger partial charge in [0.25, 0.3) is 0 Å². The number of likely N-dealkylation sites (N-methyl/N-ethyl adjacent to an activating group) is 1. The van der Waals surface area contributed by atoms with E-state index in [1.165, 1.54) is 24.9 Å². The van der Waals surface area contributed by atoms with Crippen LogP contribution in [0.5, 0.6) is 0 Å². The molecule has 0 spiro atoms. The third-order valence-electron chi connectivity index (χ3n) is 4.33. The molecule has 4 nitrogen and oxygen atoms in total. The van der Waals surface area contributed by atoms with Gasteiger partial charge in [-0.2, -0.15) is 0 Å². The number of hydrogen-bond donors (Lipinski definition) is 1. The molecule has 0 aliphatic carbocycles. The Morgan fingerprint density at radius 2 is 2.00 bits per heavy atom. The summed E-state index contributed by atoms with van der Waals surface area (Å²) in [4.78, 5) is 8.90.